The third-order valence-electron chi connectivity index (χ3n) is 3.42. The molecule has 0 aromatic rings. The lowest BCUT2D eigenvalue weighted by atomic mass is 10.1. The molecule has 0 unspecified atom stereocenters. The lowest BCUT2D eigenvalue weighted by molar-refractivity contribution is -0.173. The van der Waals surface area contributed by atoms with Gasteiger partial charge in [-0.25, -0.2) is 4.79 Å². The Morgan fingerprint density at radius 1 is 0.967 bits per heavy atom. The van der Waals surface area contributed by atoms with Crippen LogP contribution in [0, 0.1) is 0 Å². The lowest BCUT2D eigenvalue weighted by Gasteiger charge is -2.13. The van der Waals surface area contributed by atoms with E-state index in [1.807, 2.05) is 0 Å². The quantitative estimate of drug-likeness (QED) is 0.223. The van der Waals surface area contributed by atoms with Gasteiger partial charge in [0.1, 0.15) is 12.1 Å². The van der Waals surface area contributed by atoms with Crippen molar-refractivity contribution in [2.75, 3.05) is 13.1 Å². The summed E-state index contributed by atoms with van der Waals surface area (Å²) in [7, 11) is 0. The van der Waals surface area contributed by atoms with Crippen molar-refractivity contribution in [2.24, 2.45) is 11.5 Å². The zero-order valence-electron chi connectivity index (χ0n) is 16.5. The van der Waals surface area contributed by atoms with Gasteiger partial charge in [-0.1, -0.05) is 6.42 Å². The summed E-state index contributed by atoms with van der Waals surface area (Å²) < 4.78 is 35.4. The number of carbonyl (C=O) groups is 4. The summed E-state index contributed by atoms with van der Waals surface area (Å²) in [6.07, 6.45) is -2.23. The SMILES string of the molecule is CC(=O)N[C@@H](CCCCNC(=O)C(F)(F)F)C(=O)O.Cl.NCCCC[C@H](N)C(=O)O. The second-order valence-corrected chi connectivity index (χ2v) is 6.07. The maximum absolute atomic E-state index is 11.8. The molecule has 30 heavy (non-hydrogen) atoms. The van der Waals surface area contributed by atoms with E-state index in [0.717, 1.165) is 12.8 Å². The summed E-state index contributed by atoms with van der Waals surface area (Å²) in [5.74, 6) is -4.67. The van der Waals surface area contributed by atoms with Crippen LogP contribution in [0.3, 0.4) is 0 Å². The van der Waals surface area contributed by atoms with Crippen LogP contribution in [0.2, 0.25) is 0 Å². The Bertz CT molecular complexity index is 538. The van der Waals surface area contributed by atoms with Crippen molar-refractivity contribution < 1.29 is 42.6 Å². The number of alkyl halides is 3. The van der Waals surface area contributed by atoms with E-state index in [0.29, 0.717) is 13.0 Å². The molecule has 0 saturated heterocycles. The first kappa shape index (κ1) is 32.5. The fourth-order valence-electron chi connectivity index (χ4n) is 1.91. The third kappa shape index (κ3) is 19.2. The highest BCUT2D eigenvalue weighted by Gasteiger charge is 2.38. The van der Waals surface area contributed by atoms with Gasteiger partial charge in [0.25, 0.3) is 0 Å². The Morgan fingerprint density at radius 3 is 1.90 bits per heavy atom. The zero-order valence-corrected chi connectivity index (χ0v) is 17.4. The van der Waals surface area contributed by atoms with Gasteiger partial charge in [-0.05, 0) is 38.6 Å². The fourth-order valence-corrected chi connectivity index (χ4v) is 1.91. The van der Waals surface area contributed by atoms with Crippen LogP contribution in [0.15, 0.2) is 0 Å². The highest BCUT2D eigenvalue weighted by molar-refractivity contribution is 5.85. The summed E-state index contributed by atoms with van der Waals surface area (Å²) in [5.41, 5.74) is 10.4. The summed E-state index contributed by atoms with van der Waals surface area (Å²) in [6, 6.07) is -1.79. The molecule has 0 aliphatic carbocycles. The van der Waals surface area contributed by atoms with E-state index in [9.17, 15) is 32.3 Å². The van der Waals surface area contributed by atoms with Crippen LogP contribution >= 0.6 is 12.4 Å². The van der Waals surface area contributed by atoms with E-state index < -0.39 is 42.0 Å². The second kappa shape index (κ2) is 17.7. The Kier molecular flexibility index (Phi) is 19.2. The van der Waals surface area contributed by atoms with Gasteiger partial charge in [0.2, 0.25) is 5.91 Å². The van der Waals surface area contributed by atoms with Crippen molar-refractivity contribution in [3.05, 3.63) is 0 Å². The van der Waals surface area contributed by atoms with Crippen LogP contribution in [0.1, 0.15) is 45.4 Å². The number of halogens is 4. The van der Waals surface area contributed by atoms with Gasteiger partial charge in [-0.3, -0.25) is 14.4 Å². The van der Waals surface area contributed by atoms with Gasteiger partial charge in [-0.2, -0.15) is 13.2 Å². The summed E-state index contributed by atoms with van der Waals surface area (Å²) in [4.78, 5) is 42.0. The first-order valence-electron chi connectivity index (χ1n) is 8.86. The van der Waals surface area contributed by atoms with Crippen LogP contribution in [-0.4, -0.2) is 65.3 Å². The first-order valence-corrected chi connectivity index (χ1v) is 8.86. The van der Waals surface area contributed by atoms with Crippen molar-refractivity contribution in [3.8, 4) is 0 Å². The number of nitrogens with one attached hydrogen (secondary N) is 2. The van der Waals surface area contributed by atoms with E-state index in [1.165, 1.54) is 6.92 Å². The number of rotatable bonds is 12. The highest BCUT2D eigenvalue weighted by Crippen LogP contribution is 2.14. The van der Waals surface area contributed by atoms with Gasteiger partial charge < -0.3 is 32.3 Å². The van der Waals surface area contributed by atoms with E-state index >= 15 is 0 Å². The van der Waals surface area contributed by atoms with Crippen LogP contribution in [0.4, 0.5) is 13.2 Å². The van der Waals surface area contributed by atoms with Crippen molar-refractivity contribution in [1.29, 1.82) is 0 Å². The number of nitrogens with two attached hydrogens (primary N) is 2. The van der Waals surface area contributed by atoms with Gasteiger partial charge in [0.15, 0.2) is 0 Å². The highest BCUT2D eigenvalue weighted by atomic mass is 35.5. The van der Waals surface area contributed by atoms with Gasteiger partial charge >= 0.3 is 24.0 Å². The number of carboxylic acid groups (broad SMARTS) is 2. The number of hydrogen-bond acceptors (Lipinski definition) is 6. The largest absolute Gasteiger partial charge is 0.480 e. The normalized spacial score (nSPS) is 12.3. The Morgan fingerprint density at radius 2 is 1.50 bits per heavy atom. The molecule has 0 radical (unpaired) electrons. The molecule has 2 atom stereocenters. The van der Waals surface area contributed by atoms with Crippen LogP contribution < -0.4 is 22.1 Å². The number of carbonyl (C=O) groups excluding carboxylic acids is 2. The number of unbranched alkanes of at least 4 members (excludes halogenated alkanes) is 2. The molecule has 0 bridgehead atoms. The van der Waals surface area contributed by atoms with Crippen molar-refractivity contribution in [2.45, 2.75) is 63.7 Å². The standard InChI is InChI=1S/C10H15F3N2O4.C6H14N2O2.ClH/c1-6(16)15-7(8(17)18)4-2-3-5-14-9(19)10(11,12)13;7-4-2-1-3-5(8)6(9)10;/h7H,2-5H2,1H3,(H,14,19)(H,15,16)(H,17,18);5H,1-4,7-8H2,(H,9,10);1H/t7-;5-;/m00./s1. The van der Waals surface area contributed by atoms with Crippen molar-refractivity contribution >= 4 is 36.2 Å². The van der Waals surface area contributed by atoms with Gasteiger partial charge in [-0.15, -0.1) is 12.4 Å². The predicted molar refractivity (Wildman–Crippen MR) is 104 cm³/mol. The zero-order chi connectivity index (χ0) is 23.0. The van der Waals surface area contributed by atoms with Gasteiger partial charge in [0, 0.05) is 13.5 Å². The fraction of sp³-hybridized carbons (Fsp3) is 0.750. The Balaban J connectivity index is -0.000000563. The predicted octanol–water partition coefficient (Wildman–Crippen LogP) is 0.374. The van der Waals surface area contributed by atoms with E-state index in [-0.39, 0.29) is 38.2 Å². The molecular weight excluding hydrogens is 437 g/mol. The molecule has 2 amide bonds. The third-order valence-corrected chi connectivity index (χ3v) is 3.42. The summed E-state index contributed by atoms with van der Waals surface area (Å²) >= 11 is 0. The molecule has 178 valence electrons. The molecule has 0 rings (SSSR count). The van der Waals surface area contributed by atoms with Crippen LogP contribution in [-0.2, 0) is 19.2 Å². The van der Waals surface area contributed by atoms with Crippen LogP contribution in [0.5, 0.6) is 0 Å². The minimum absolute atomic E-state index is 0. The van der Waals surface area contributed by atoms with Gasteiger partial charge in [0.05, 0.1) is 0 Å². The first-order chi connectivity index (χ1) is 13.3. The summed E-state index contributed by atoms with van der Waals surface area (Å²) in [6.45, 7) is 1.57. The average Bonchev–Trinajstić information content (AvgIpc) is 2.59. The minimum atomic E-state index is -4.92. The molecule has 0 heterocycles. The topological polar surface area (TPSA) is 185 Å². The monoisotopic (exact) mass is 466 g/mol. The molecular formula is C16H30ClF3N4O6. The molecule has 0 aliphatic rings. The molecule has 0 fully saturated rings. The average molecular weight is 467 g/mol. The second-order valence-electron chi connectivity index (χ2n) is 6.07. The minimum Gasteiger partial charge on any atom is -0.480 e. The molecule has 14 heteroatoms. The van der Waals surface area contributed by atoms with Crippen LogP contribution in [0.25, 0.3) is 0 Å². The van der Waals surface area contributed by atoms with Crippen molar-refractivity contribution in [3.63, 3.8) is 0 Å². The molecule has 10 nitrogen and oxygen atoms in total. The lowest BCUT2D eigenvalue weighted by Crippen LogP contribution is -2.40. The number of carboxylic acids is 2. The molecule has 0 aromatic carbocycles. The van der Waals surface area contributed by atoms with E-state index in [2.05, 4.69) is 5.32 Å². The Hall–Kier alpha value is -2.12. The number of hydrogen-bond donors (Lipinski definition) is 6. The Labute approximate surface area is 178 Å². The molecule has 8 N–H and O–H groups in total. The molecule has 0 saturated carbocycles. The van der Waals surface area contributed by atoms with E-state index in [4.69, 9.17) is 21.7 Å². The molecule has 0 aromatic heterocycles. The maximum Gasteiger partial charge on any atom is 0.471 e. The maximum atomic E-state index is 11.8. The summed E-state index contributed by atoms with van der Waals surface area (Å²) in [5, 5.41) is 20.9. The molecule has 0 spiro atoms. The smallest absolute Gasteiger partial charge is 0.471 e. The number of amides is 2. The number of aliphatic carboxylic acids is 2. The van der Waals surface area contributed by atoms with E-state index in [1.54, 1.807) is 5.32 Å². The molecule has 0 aliphatic heterocycles. The van der Waals surface area contributed by atoms with Crippen molar-refractivity contribution in [1.82, 2.24) is 10.6 Å².